The fraction of sp³-hybridized carbons (Fsp3) is 0.571. The molecular weight excluding hydrogens is 182 g/mol. The molecule has 1 fully saturated rings. The van der Waals surface area contributed by atoms with Crippen molar-refractivity contribution >= 4 is 0 Å². The molecule has 2 aliphatic rings. The van der Waals surface area contributed by atoms with E-state index in [0.29, 0.717) is 0 Å². The van der Waals surface area contributed by atoms with Gasteiger partial charge in [0.1, 0.15) is 0 Å². The fourth-order valence-corrected chi connectivity index (χ4v) is 2.98. The summed E-state index contributed by atoms with van der Waals surface area (Å²) in [5, 5.41) is 0. The average Bonchev–Trinajstić information content (AvgIpc) is 2.27. The van der Waals surface area contributed by atoms with Crippen LogP contribution in [-0.2, 0) is 6.42 Å². The van der Waals surface area contributed by atoms with Crippen molar-refractivity contribution in [3.05, 3.63) is 35.4 Å². The molecule has 1 saturated heterocycles. The highest BCUT2D eigenvalue weighted by Crippen LogP contribution is 2.35. The van der Waals surface area contributed by atoms with Gasteiger partial charge in [-0.2, -0.15) is 0 Å². The van der Waals surface area contributed by atoms with Gasteiger partial charge in [-0.05, 0) is 43.5 Å². The van der Waals surface area contributed by atoms with Crippen LogP contribution in [0.25, 0.3) is 0 Å². The molecule has 0 saturated carbocycles. The molecule has 1 atom stereocenters. The van der Waals surface area contributed by atoms with Gasteiger partial charge >= 0.3 is 0 Å². The molecule has 1 aromatic carbocycles. The highest BCUT2D eigenvalue weighted by molar-refractivity contribution is 5.40. The number of fused-ring (bicyclic) bond motifs is 1. The number of piperidine rings is 1. The second kappa shape index (κ2) is 3.97. The Bertz CT molecular complexity index is 339. The quantitative estimate of drug-likeness (QED) is 0.711. The monoisotopic (exact) mass is 201 g/mol. The Hall–Kier alpha value is -0.820. The number of nitrogens with zero attached hydrogens (tertiary/aromatic N) is 1. The third-order valence-electron chi connectivity index (χ3n) is 3.89. The molecule has 1 nitrogen and oxygen atoms in total. The molecule has 0 aromatic heterocycles. The van der Waals surface area contributed by atoms with Crippen LogP contribution in [0.2, 0.25) is 0 Å². The smallest absolute Gasteiger partial charge is 0.00536 e. The maximum atomic E-state index is 2.66. The van der Waals surface area contributed by atoms with Gasteiger partial charge in [0.05, 0.1) is 0 Å². The van der Waals surface area contributed by atoms with Gasteiger partial charge in [-0.25, -0.2) is 0 Å². The fourth-order valence-electron chi connectivity index (χ4n) is 2.98. The van der Waals surface area contributed by atoms with Crippen molar-refractivity contribution in [3.8, 4) is 0 Å². The first kappa shape index (κ1) is 9.41. The largest absolute Gasteiger partial charge is 0.303 e. The lowest BCUT2D eigenvalue weighted by atomic mass is 9.77. The van der Waals surface area contributed by atoms with Crippen molar-refractivity contribution in [2.75, 3.05) is 19.6 Å². The van der Waals surface area contributed by atoms with Crippen molar-refractivity contribution in [2.24, 2.45) is 0 Å². The van der Waals surface area contributed by atoms with Crippen LogP contribution in [-0.4, -0.2) is 24.5 Å². The normalized spacial score (nSPS) is 25.7. The van der Waals surface area contributed by atoms with Crippen molar-refractivity contribution in [2.45, 2.75) is 31.6 Å². The molecular formula is C14H19N. The summed E-state index contributed by atoms with van der Waals surface area (Å²) < 4.78 is 0. The van der Waals surface area contributed by atoms with Gasteiger partial charge in [-0.1, -0.05) is 30.7 Å². The highest BCUT2D eigenvalue weighted by atomic mass is 15.1. The van der Waals surface area contributed by atoms with E-state index < -0.39 is 0 Å². The minimum Gasteiger partial charge on any atom is -0.303 e. The van der Waals surface area contributed by atoms with Crippen molar-refractivity contribution in [1.29, 1.82) is 0 Å². The lowest BCUT2D eigenvalue weighted by molar-refractivity contribution is 0.209. The maximum Gasteiger partial charge on any atom is 0.00536 e. The van der Waals surface area contributed by atoms with Gasteiger partial charge < -0.3 is 4.90 Å². The molecule has 1 aromatic rings. The van der Waals surface area contributed by atoms with Crippen LogP contribution >= 0.6 is 0 Å². The van der Waals surface area contributed by atoms with Crippen LogP contribution in [0.5, 0.6) is 0 Å². The summed E-state index contributed by atoms with van der Waals surface area (Å²) in [6, 6.07) is 8.94. The van der Waals surface area contributed by atoms with E-state index in [1.54, 1.807) is 11.1 Å². The summed E-state index contributed by atoms with van der Waals surface area (Å²) in [5.41, 5.74) is 3.20. The topological polar surface area (TPSA) is 3.24 Å². The van der Waals surface area contributed by atoms with Crippen LogP contribution < -0.4 is 0 Å². The van der Waals surface area contributed by atoms with Gasteiger partial charge in [0.2, 0.25) is 0 Å². The van der Waals surface area contributed by atoms with E-state index >= 15 is 0 Å². The molecule has 0 radical (unpaired) electrons. The first-order valence-corrected chi connectivity index (χ1v) is 6.23. The number of benzene rings is 1. The first-order valence-electron chi connectivity index (χ1n) is 6.23. The summed E-state index contributed by atoms with van der Waals surface area (Å²) in [5.74, 6) is 0.833. The Labute approximate surface area is 92.1 Å². The second-order valence-electron chi connectivity index (χ2n) is 4.96. The third kappa shape index (κ3) is 1.81. The first-order chi connectivity index (χ1) is 7.43. The van der Waals surface area contributed by atoms with Crippen molar-refractivity contribution in [1.82, 2.24) is 4.90 Å². The molecule has 0 spiro atoms. The molecule has 1 aliphatic heterocycles. The SMILES string of the molecule is c1ccc2c(c1)CC2CN1CCCCC1. The van der Waals surface area contributed by atoms with Crippen LogP contribution in [0.1, 0.15) is 36.3 Å². The van der Waals surface area contributed by atoms with Gasteiger partial charge in [-0.15, -0.1) is 0 Å². The van der Waals surface area contributed by atoms with Gasteiger partial charge in [0, 0.05) is 12.5 Å². The van der Waals surface area contributed by atoms with E-state index in [2.05, 4.69) is 29.2 Å². The Morgan fingerprint density at radius 2 is 1.87 bits per heavy atom. The van der Waals surface area contributed by atoms with Gasteiger partial charge in [0.15, 0.2) is 0 Å². The molecule has 1 aliphatic carbocycles. The maximum absolute atomic E-state index is 2.66. The molecule has 15 heavy (non-hydrogen) atoms. The molecule has 0 bridgehead atoms. The summed E-state index contributed by atoms with van der Waals surface area (Å²) in [4.78, 5) is 2.66. The Morgan fingerprint density at radius 3 is 2.67 bits per heavy atom. The standard InChI is InChI=1S/C14H19N/c1-4-8-15(9-5-1)11-13-10-12-6-2-3-7-14(12)13/h2-3,6-7,13H,1,4-5,8-11H2. The lowest BCUT2D eigenvalue weighted by Crippen LogP contribution is -2.36. The van der Waals surface area contributed by atoms with Crippen molar-refractivity contribution < 1.29 is 0 Å². The van der Waals surface area contributed by atoms with E-state index in [9.17, 15) is 0 Å². The van der Waals surface area contributed by atoms with Gasteiger partial charge in [-0.3, -0.25) is 0 Å². The Morgan fingerprint density at radius 1 is 1.07 bits per heavy atom. The minimum absolute atomic E-state index is 0.833. The summed E-state index contributed by atoms with van der Waals surface area (Å²) in [6.45, 7) is 3.97. The summed E-state index contributed by atoms with van der Waals surface area (Å²) >= 11 is 0. The van der Waals surface area contributed by atoms with E-state index in [1.165, 1.54) is 45.3 Å². The predicted molar refractivity (Wildman–Crippen MR) is 63.2 cm³/mol. The Balaban J connectivity index is 1.62. The zero-order valence-electron chi connectivity index (χ0n) is 9.28. The highest BCUT2D eigenvalue weighted by Gasteiger charge is 2.27. The molecule has 1 unspecified atom stereocenters. The predicted octanol–water partition coefficient (Wildman–Crippen LogP) is 2.81. The van der Waals surface area contributed by atoms with E-state index in [-0.39, 0.29) is 0 Å². The lowest BCUT2D eigenvalue weighted by Gasteiger charge is -2.36. The van der Waals surface area contributed by atoms with E-state index in [1.807, 2.05) is 0 Å². The van der Waals surface area contributed by atoms with Crippen molar-refractivity contribution in [3.63, 3.8) is 0 Å². The van der Waals surface area contributed by atoms with Crippen LogP contribution in [0.3, 0.4) is 0 Å². The molecule has 1 heterocycles. The van der Waals surface area contributed by atoms with Gasteiger partial charge in [0.25, 0.3) is 0 Å². The zero-order valence-corrected chi connectivity index (χ0v) is 9.28. The zero-order chi connectivity index (χ0) is 10.1. The molecule has 1 heteroatoms. The molecule has 0 amide bonds. The number of likely N-dealkylation sites (tertiary alicyclic amines) is 1. The summed E-state index contributed by atoms with van der Waals surface area (Å²) in [7, 11) is 0. The van der Waals surface area contributed by atoms with E-state index in [4.69, 9.17) is 0 Å². The van der Waals surface area contributed by atoms with Crippen LogP contribution in [0.4, 0.5) is 0 Å². The molecule has 80 valence electrons. The molecule has 0 N–H and O–H groups in total. The number of hydrogen-bond acceptors (Lipinski definition) is 1. The Kier molecular flexibility index (Phi) is 2.49. The van der Waals surface area contributed by atoms with E-state index in [0.717, 1.165) is 5.92 Å². The minimum atomic E-state index is 0.833. The average molecular weight is 201 g/mol. The van der Waals surface area contributed by atoms with Crippen LogP contribution in [0.15, 0.2) is 24.3 Å². The number of hydrogen-bond donors (Lipinski definition) is 0. The second-order valence-corrected chi connectivity index (χ2v) is 4.96. The number of rotatable bonds is 2. The molecule has 3 rings (SSSR count). The summed E-state index contributed by atoms with van der Waals surface area (Å²) in [6.07, 6.45) is 5.58. The third-order valence-corrected chi connectivity index (χ3v) is 3.89. The van der Waals surface area contributed by atoms with Crippen LogP contribution in [0, 0.1) is 0 Å².